The fourth-order valence-corrected chi connectivity index (χ4v) is 2.44. The van der Waals surface area contributed by atoms with Crippen LogP contribution in [0.4, 0.5) is 13.2 Å². The highest BCUT2D eigenvalue weighted by molar-refractivity contribution is 5.20. The van der Waals surface area contributed by atoms with Gasteiger partial charge in [-0.3, -0.25) is 4.90 Å². The van der Waals surface area contributed by atoms with Crippen LogP contribution in [0.25, 0.3) is 0 Å². The summed E-state index contributed by atoms with van der Waals surface area (Å²) in [6.45, 7) is 1.61. The Bertz CT molecular complexity index is 423. The summed E-state index contributed by atoms with van der Waals surface area (Å²) in [5.41, 5.74) is 5.86. The molecule has 0 aliphatic carbocycles. The highest BCUT2D eigenvalue weighted by Gasteiger charge is 2.22. The summed E-state index contributed by atoms with van der Waals surface area (Å²) in [6, 6.07) is 1.74. The van der Waals surface area contributed by atoms with Crippen LogP contribution in [0, 0.1) is 17.5 Å². The molecule has 1 atom stereocenters. The molecule has 2 nitrogen and oxygen atoms in total. The van der Waals surface area contributed by atoms with Gasteiger partial charge in [-0.1, -0.05) is 6.42 Å². The molecule has 1 aliphatic rings. The van der Waals surface area contributed by atoms with Crippen LogP contribution in [0.1, 0.15) is 24.8 Å². The van der Waals surface area contributed by atoms with E-state index in [0.29, 0.717) is 12.6 Å². The van der Waals surface area contributed by atoms with Crippen LogP contribution in [0.2, 0.25) is 0 Å². The minimum Gasteiger partial charge on any atom is -0.329 e. The van der Waals surface area contributed by atoms with Gasteiger partial charge in [0.25, 0.3) is 0 Å². The molecule has 5 heteroatoms. The Balaban J connectivity index is 2.15. The van der Waals surface area contributed by atoms with Gasteiger partial charge in [0.15, 0.2) is 11.6 Å². The minimum atomic E-state index is -1.15. The van der Waals surface area contributed by atoms with Gasteiger partial charge >= 0.3 is 0 Å². The van der Waals surface area contributed by atoms with Crippen LogP contribution in [0.15, 0.2) is 12.1 Å². The lowest BCUT2D eigenvalue weighted by Gasteiger charge is -2.35. The fourth-order valence-electron chi connectivity index (χ4n) is 2.44. The van der Waals surface area contributed by atoms with E-state index in [1.54, 1.807) is 0 Å². The number of halogens is 3. The maximum atomic E-state index is 13.6. The van der Waals surface area contributed by atoms with Crippen molar-refractivity contribution in [3.8, 4) is 0 Å². The number of nitrogens with two attached hydrogens (primary N) is 1. The van der Waals surface area contributed by atoms with E-state index in [1.807, 2.05) is 4.90 Å². The minimum absolute atomic E-state index is 0.189. The van der Waals surface area contributed by atoms with Crippen molar-refractivity contribution in [2.45, 2.75) is 31.8 Å². The van der Waals surface area contributed by atoms with Crippen molar-refractivity contribution < 1.29 is 13.2 Å². The van der Waals surface area contributed by atoms with Crippen molar-refractivity contribution >= 4 is 0 Å². The van der Waals surface area contributed by atoms with Crippen LogP contribution in [-0.4, -0.2) is 24.0 Å². The number of hydrogen-bond donors (Lipinski definition) is 1. The third-order valence-electron chi connectivity index (χ3n) is 3.48. The Morgan fingerprint density at radius 3 is 2.56 bits per heavy atom. The van der Waals surface area contributed by atoms with E-state index in [0.717, 1.165) is 31.9 Å². The van der Waals surface area contributed by atoms with Gasteiger partial charge in [-0.15, -0.1) is 0 Å². The number of benzene rings is 1. The molecule has 2 rings (SSSR count). The molecule has 1 aromatic carbocycles. The largest absolute Gasteiger partial charge is 0.329 e. The van der Waals surface area contributed by atoms with E-state index in [-0.39, 0.29) is 18.2 Å². The van der Waals surface area contributed by atoms with Gasteiger partial charge in [0.05, 0.1) is 0 Å². The fraction of sp³-hybridized carbons (Fsp3) is 0.538. The molecule has 1 heterocycles. The molecule has 1 unspecified atom stereocenters. The Morgan fingerprint density at radius 1 is 1.11 bits per heavy atom. The molecule has 0 saturated carbocycles. The normalized spacial score (nSPS) is 21.2. The third kappa shape index (κ3) is 2.84. The average Bonchev–Trinajstić information content (AvgIpc) is 2.36. The van der Waals surface area contributed by atoms with E-state index in [1.165, 1.54) is 0 Å². The summed E-state index contributed by atoms with van der Waals surface area (Å²) in [5.74, 6) is -2.85. The van der Waals surface area contributed by atoms with Crippen molar-refractivity contribution in [2.24, 2.45) is 5.73 Å². The zero-order valence-electron chi connectivity index (χ0n) is 10.1. The molecule has 1 aromatic rings. The van der Waals surface area contributed by atoms with E-state index >= 15 is 0 Å². The summed E-state index contributed by atoms with van der Waals surface area (Å²) in [4.78, 5) is 2.04. The maximum absolute atomic E-state index is 13.6. The first-order valence-electron chi connectivity index (χ1n) is 6.19. The lowest BCUT2D eigenvalue weighted by atomic mass is 10.0. The van der Waals surface area contributed by atoms with Crippen molar-refractivity contribution in [3.63, 3.8) is 0 Å². The second-order valence-electron chi connectivity index (χ2n) is 4.71. The number of piperidine rings is 1. The Hall–Kier alpha value is -1.07. The molecule has 2 N–H and O–H groups in total. The van der Waals surface area contributed by atoms with Crippen molar-refractivity contribution in [1.29, 1.82) is 0 Å². The van der Waals surface area contributed by atoms with Gasteiger partial charge in [-0.05, 0) is 25.5 Å². The van der Waals surface area contributed by atoms with Crippen LogP contribution in [0.3, 0.4) is 0 Å². The maximum Gasteiger partial charge on any atom is 0.161 e. The van der Waals surface area contributed by atoms with Crippen LogP contribution in [-0.2, 0) is 6.54 Å². The molecular weight excluding hydrogens is 241 g/mol. The Kier molecular flexibility index (Phi) is 4.24. The quantitative estimate of drug-likeness (QED) is 0.844. The molecule has 18 heavy (non-hydrogen) atoms. The monoisotopic (exact) mass is 258 g/mol. The zero-order valence-corrected chi connectivity index (χ0v) is 10.1. The Morgan fingerprint density at radius 2 is 1.83 bits per heavy atom. The lowest BCUT2D eigenvalue weighted by Crippen LogP contribution is -2.43. The van der Waals surface area contributed by atoms with E-state index in [9.17, 15) is 13.2 Å². The molecule has 1 saturated heterocycles. The van der Waals surface area contributed by atoms with Gasteiger partial charge in [-0.2, -0.15) is 0 Å². The lowest BCUT2D eigenvalue weighted by molar-refractivity contribution is 0.143. The van der Waals surface area contributed by atoms with Gasteiger partial charge in [0.2, 0.25) is 0 Å². The van der Waals surface area contributed by atoms with Crippen LogP contribution < -0.4 is 5.73 Å². The van der Waals surface area contributed by atoms with Crippen molar-refractivity contribution in [2.75, 3.05) is 13.1 Å². The Labute approximate surface area is 105 Å². The van der Waals surface area contributed by atoms with Crippen LogP contribution >= 0.6 is 0 Å². The average molecular weight is 258 g/mol. The third-order valence-corrected chi connectivity index (χ3v) is 3.48. The highest BCUT2D eigenvalue weighted by atomic mass is 19.2. The second kappa shape index (κ2) is 5.71. The summed E-state index contributed by atoms with van der Waals surface area (Å²) >= 11 is 0. The first-order valence-corrected chi connectivity index (χ1v) is 6.19. The molecule has 0 spiro atoms. The number of hydrogen-bond acceptors (Lipinski definition) is 2. The SMILES string of the molecule is NCC1CCCCN1Cc1cc(F)c(F)cc1F. The molecule has 0 amide bonds. The smallest absolute Gasteiger partial charge is 0.161 e. The predicted octanol–water partition coefficient (Wildman–Crippen LogP) is 2.42. The number of nitrogens with zero attached hydrogens (tertiary/aromatic N) is 1. The highest BCUT2D eigenvalue weighted by Crippen LogP contribution is 2.21. The van der Waals surface area contributed by atoms with Crippen molar-refractivity contribution in [1.82, 2.24) is 4.90 Å². The summed E-state index contributed by atoms with van der Waals surface area (Å²) in [7, 11) is 0. The molecule has 100 valence electrons. The molecular formula is C13H17F3N2. The first kappa shape index (κ1) is 13.4. The predicted molar refractivity (Wildman–Crippen MR) is 63.4 cm³/mol. The number of rotatable bonds is 3. The topological polar surface area (TPSA) is 29.3 Å². The standard InChI is InChI=1S/C13H17F3N2/c14-11-6-13(16)12(15)5-9(11)8-18-4-2-1-3-10(18)7-17/h5-6,10H,1-4,7-8,17H2. The second-order valence-corrected chi connectivity index (χ2v) is 4.71. The molecule has 0 aromatic heterocycles. The molecule has 0 bridgehead atoms. The number of likely N-dealkylation sites (tertiary alicyclic amines) is 1. The molecule has 1 aliphatic heterocycles. The van der Waals surface area contributed by atoms with E-state index in [2.05, 4.69) is 0 Å². The van der Waals surface area contributed by atoms with Gasteiger partial charge < -0.3 is 5.73 Å². The summed E-state index contributed by atoms with van der Waals surface area (Å²) in [5, 5.41) is 0. The van der Waals surface area contributed by atoms with Gasteiger partial charge in [0.1, 0.15) is 5.82 Å². The zero-order chi connectivity index (χ0) is 13.1. The first-order chi connectivity index (χ1) is 8.61. The van der Waals surface area contributed by atoms with Crippen LogP contribution in [0.5, 0.6) is 0 Å². The molecule has 1 fully saturated rings. The van der Waals surface area contributed by atoms with E-state index < -0.39 is 17.5 Å². The van der Waals surface area contributed by atoms with E-state index in [4.69, 9.17) is 5.73 Å². The van der Waals surface area contributed by atoms with Gasteiger partial charge in [0, 0.05) is 30.8 Å². The van der Waals surface area contributed by atoms with Crippen molar-refractivity contribution in [3.05, 3.63) is 35.1 Å². The van der Waals surface area contributed by atoms with Gasteiger partial charge in [-0.25, -0.2) is 13.2 Å². The summed E-state index contributed by atoms with van der Waals surface area (Å²) < 4.78 is 39.5. The summed E-state index contributed by atoms with van der Waals surface area (Å²) in [6.07, 6.45) is 3.11. The molecule has 0 radical (unpaired) electrons.